The number of halogens is 3. The van der Waals surface area contributed by atoms with E-state index in [0.29, 0.717) is 6.54 Å². The van der Waals surface area contributed by atoms with Crippen molar-refractivity contribution in [1.82, 2.24) is 9.88 Å². The van der Waals surface area contributed by atoms with E-state index in [2.05, 4.69) is 4.98 Å². The summed E-state index contributed by atoms with van der Waals surface area (Å²) in [5, 5.41) is 0. The van der Waals surface area contributed by atoms with Gasteiger partial charge in [0.2, 0.25) is 0 Å². The first-order chi connectivity index (χ1) is 8.05. The molecule has 0 saturated heterocycles. The predicted molar refractivity (Wildman–Crippen MR) is 57.9 cm³/mol. The van der Waals surface area contributed by atoms with Gasteiger partial charge in [0.25, 0.3) is 0 Å². The van der Waals surface area contributed by atoms with E-state index in [1.165, 1.54) is 12.3 Å². The van der Waals surface area contributed by atoms with E-state index in [0.717, 1.165) is 18.2 Å². The van der Waals surface area contributed by atoms with Gasteiger partial charge in [-0.05, 0) is 23.9 Å². The number of hydrogen-bond acceptors (Lipinski definition) is 2. The molecule has 1 aliphatic rings. The Balaban J connectivity index is 2.03. The van der Waals surface area contributed by atoms with Gasteiger partial charge < -0.3 is 4.90 Å². The van der Waals surface area contributed by atoms with Crippen molar-refractivity contribution in [2.75, 3.05) is 6.54 Å². The average Bonchev–Trinajstić information content (AvgIpc) is 2.30. The molecule has 0 radical (unpaired) electrons. The molecule has 1 aromatic heterocycles. The van der Waals surface area contributed by atoms with Gasteiger partial charge in [0.05, 0.1) is 0 Å². The molecular formula is C12H11F3N2. The minimum atomic E-state index is -4.37. The number of rotatable bonds is 2. The standard InChI is InChI=1S/C12H11F3N2/c13-12(14,15)11-5-4-10(8-16-11)9-17-6-2-1-3-7-17/h1-6,8H,7,9H2. The van der Waals surface area contributed by atoms with Crippen molar-refractivity contribution in [2.24, 2.45) is 0 Å². The first kappa shape index (κ1) is 11.7. The summed E-state index contributed by atoms with van der Waals surface area (Å²) < 4.78 is 36.9. The summed E-state index contributed by atoms with van der Waals surface area (Å²) in [5.74, 6) is 0. The van der Waals surface area contributed by atoms with Gasteiger partial charge in [0.1, 0.15) is 5.69 Å². The Morgan fingerprint density at radius 1 is 1.24 bits per heavy atom. The van der Waals surface area contributed by atoms with Crippen molar-refractivity contribution in [3.63, 3.8) is 0 Å². The minimum absolute atomic E-state index is 0.561. The molecule has 0 atom stereocenters. The molecule has 90 valence electrons. The number of pyridine rings is 1. The predicted octanol–water partition coefficient (Wildman–Crippen LogP) is 2.99. The second kappa shape index (κ2) is 4.61. The van der Waals surface area contributed by atoms with Crippen molar-refractivity contribution in [1.29, 1.82) is 0 Å². The molecule has 0 aromatic carbocycles. The van der Waals surface area contributed by atoms with Crippen LogP contribution in [0.15, 0.2) is 42.8 Å². The molecule has 1 aliphatic heterocycles. The lowest BCUT2D eigenvalue weighted by Gasteiger charge is -2.20. The van der Waals surface area contributed by atoms with Crippen LogP contribution in [0.1, 0.15) is 11.3 Å². The smallest absolute Gasteiger partial charge is 0.369 e. The van der Waals surface area contributed by atoms with E-state index in [-0.39, 0.29) is 0 Å². The summed E-state index contributed by atoms with van der Waals surface area (Å²) in [7, 11) is 0. The second-order valence-electron chi connectivity index (χ2n) is 3.75. The van der Waals surface area contributed by atoms with Crippen molar-refractivity contribution in [3.05, 3.63) is 54.0 Å². The molecule has 1 aromatic rings. The fourth-order valence-electron chi connectivity index (χ4n) is 1.54. The molecule has 2 nitrogen and oxygen atoms in total. The summed E-state index contributed by atoms with van der Waals surface area (Å²) in [4.78, 5) is 5.41. The van der Waals surface area contributed by atoms with Gasteiger partial charge in [-0.25, -0.2) is 0 Å². The highest BCUT2D eigenvalue weighted by Crippen LogP contribution is 2.27. The lowest BCUT2D eigenvalue weighted by Crippen LogP contribution is -2.18. The maximum atomic E-state index is 12.3. The zero-order valence-electron chi connectivity index (χ0n) is 8.98. The topological polar surface area (TPSA) is 16.1 Å². The van der Waals surface area contributed by atoms with Gasteiger partial charge in [0, 0.05) is 19.3 Å². The number of allylic oxidation sites excluding steroid dienone is 2. The Morgan fingerprint density at radius 3 is 2.59 bits per heavy atom. The number of hydrogen-bond donors (Lipinski definition) is 0. The Labute approximate surface area is 97.1 Å². The van der Waals surface area contributed by atoms with Crippen LogP contribution in [0.25, 0.3) is 0 Å². The van der Waals surface area contributed by atoms with E-state index < -0.39 is 11.9 Å². The molecule has 2 rings (SSSR count). The molecule has 0 unspecified atom stereocenters. The second-order valence-corrected chi connectivity index (χ2v) is 3.75. The van der Waals surface area contributed by atoms with Gasteiger partial charge in [0.15, 0.2) is 0 Å². The molecule has 0 amide bonds. The van der Waals surface area contributed by atoms with E-state index in [1.54, 1.807) is 0 Å². The molecule has 0 fully saturated rings. The van der Waals surface area contributed by atoms with E-state index in [4.69, 9.17) is 0 Å². The number of alkyl halides is 3. The van der Waals surface area contributed by atoms with Gasteiger partial charge in [-0.2, -0.15) is 13.2 Å². The zero-order chi connectivity index (χ0) is 12.3. The van der Waals surface area contributed by atoms with Crippen molar-refractivity contribution in [2.45, 2.75) is 12.7 Å². The van der Waals surface area contributed by atoms with Crippen LogP contribution in [-0.4, -0.2) is 16.4 Å². The largest absolute Gasteiger partial charge is 0.433 e. The Morgan fingerprint density at radius 2 is 2.06 bits per heavy atom. The Bertz CT molecular complexity index is 432. The molecule has 2 heterocycles. The van der Waals surface area contributed by atoms with E-state index >= 15 is 0 Å². The maximum Gasteiger partial charge on any atom is 0.433 e. The third-order valence-electron chi connectivity index (χ3n) is 2.38. The van der Waals surface area contributed by atoms with Crippen LogP contribution in [0, 0.1) is 0 Å². The summed E-state index contributed by atoms with van der Waals surface area (Å²) in [6.07, 6.45) is 4.61. The molecule has 17 heavy (non-hydrogen) atoms. The van der Waals surface area contributed by atoms with Crippen molar-refractivity contribution < 1.29 is 13.2 Å². The van der Waals surface area contributed by atoms with Crippen molar-refractivity contribution >= 4 is 0 Å². The summed E-state index contributed by atoms with van der Waals surface area (Å²) in [6, 6.07) is 2.47. The SMILES string of the molecule is FC(F)(F)c1ccc(CN2C=CC=CC2)cn1. The molecule has 0 bridgehead atoms. The number of aromatic nitrogens is 1. The Hall–Kier alpha value is -1.78. The monoisotopic (exact) mass is 240 g/mol. The van der Waals surface area contributed by atoms with Crippen LogP contribution < -0.4 is 0 Å². The normalized spacial score (nSPS) is 15.4. The highest BCUT2D eigenvalue weighted by molar-refractivity contribution is 5.17. The lowest BCUT2D eigenvalue weighted by atomic mass is 10.2. The summed E-state index contributed by atoms with van der Waals surface area (Å²) >= 11 is 0. The lowest BCUT2D eigenvalue weighted by molar-refractivity contribution is -0.141. The first-order valence-electron chi connectivity index (χ1n) is 5.15. The van der Waals surface area contributed by atoms with Crippen LogP contribution in [0.4, 0.5) is 13.2 Å². The molecular weight excluding hydrogens is 229 g/mol. The Kier molecular flexibility index (Phi) is 3.17. The molecule has 0 aliphatic carbocycles. The van der Waals surface area contributed by atoms with Crippen LogP contribution >= 0.6 is 0 Å². The van der Waals surface area contributed by atoms with Crippen molar-refractivity contribution in [3.8, 4) is 0 Å². The number of nitrogens with zero attached hydrogens (tertiary/aromatic N) is 2. The van der Waals surface area contributed by atoms with Gasteiger partial charge in [-0.3, -0.25) is 4.98 Å². The maximum absolute atomic E-state index is 12.3. The third kappa shape index (κ3) is 3.09. The minimum Gasteiger partial charge on any atom is -0.369 e. The van der Waals surface area contributed by atoms with E-state index in [9.17, 15) is 13.2 Å². The van der Waals surface area contributed by atoms with Gasteiger partial charge >= 0.3 is 6.18 Å². The highest BCUT2D eigenvalue weighted by atomic mass is 19.4. The summed E-state index contributed by atoms with van der Waals surface area (Å²) in [5.41, 5.74) is -0.0896. The van der Waals surface area contributed by atoms with Crippen LogP contribution in [-0.2, 0) is 12.7 Å². The van der Waals surface area contributed by atoms with E-state index in [1.807, 2.05) is 29.3 Å². The van der Waals surface area contributed by atoms with Gasteiger partial charge in [-0.15, -0.1) is 0 Å². The summed E-state index contributed by atoms with van der Waals surface area (Å²) in [6.45, 7) is 1.32. The zero-order valence-corrected chi connectivity index (χ0v) is 8.98. The molecule has 0 N–H and O–H groups in total. The van der Waals surface area contributed by atoms with Gasteiger partial charge in [-0.1, -0.05) is 18.2 Å². The molecule has 0 saturated carbocycles. The van der Waals surface area contributed by atoms with Crippen LogP contribution in [0.2, 0.25) is 0 Å². The fraction of sp³-hybridized carbons (Fsp3) is 0.250. The average molecular weight is 240 g/mol. The molecule has 0 spiro atoms. The quantitative estimate of drug-likeness (QED) is 0.790. The van der Waals surface area contributed by atoms with Crippen LogP contribution in [0.5, 0.6) is 0 Å². The third-order valence-corrected chi connectivity index (χ3v) is 2.38. The van der Waals surface area contributed by atoms with Crippen LogP contribution in [0.3, 0.4) is 0 Å². The first-order valence-corrected chi connectivity index (χ1v) is 5.15. The highest BCUT2D eigenvalue weighted by Gasteiger charge is 2.31. The molecule has 5 heteroatoms. The fourth-order valence-corrected chi connectivity index (χ4v) is 1.54.